The van der Waals surface area contributed by atoms with Gasteiger partial charge in [-0.05, 0) is 44.9 Å². The number of amides is 2. The number of aromatic amines is 1. The number of piperazine rings is 1. The highest BCUT2D eigenvalue weighted by Gasteiger charge is 2.53. The summed E-state index contributed by atoms with van der Waals surface area (Å²) < 4.78 is 6.20. The lowest BCUT2D eigenvalue weighted by Gasteiger charge is -2.47. The van der Waals surface area contributed by atoms with E-state index in [4.69, 9.17) is 4.74 Å². The smallest absolute Gasteiger partial charge is 0.275 e. The first kappa shape index (κ1) is 20.3. The maximum Gasteiger partial charge on any atom is 0.275 e. The monoisotopic (exact) mass is 443 g/mol. The second kappa shape index (κ2) is 6.19. The van der Waals surface area contributed by atoms with E-state index in [0.29, 0.717) is 18.7 Å². The Morgan fingerprint density at radius 1 is 1.06 bits per heavy atom. The quantitative estimate of drug-likeness (QED) is 0.656. The van der Waals surface area contributed by atoms with Crippen molar-refractivity contribution < 1.29 is 14.3 Å². The number of hydrogen-bond acceptors (Lipinski definition) is 3. The molecule has 1 atom stereocenters. The minimum Gasteiger partial charge on any atom is -0.483 e. The Morgan fingerprint density at radius 2 is 1.85 bits per heavy atom. The van der Waals surface area contributed by atoms with E-state index in [-0.39, 0.29) is 22.8 Å². The van der Waals surface area contributed by atoms with Crippen LogP contribution in [0.4, 0.5) is 0 Å². The maximum absolute atomic E-state index is 13.7. The molecule has 5 heterocycles. The first-order chi connectivity index (χ1) is 15.5. The molecular formula is C27H29N3O3. The molecule has 1 aromatic carbocycles. The number of carbonyl (C=O) groups excluding carboxylic acids is 2. The molecule has 0 unspecified atom stereocenters. The van der Waals surface area contributed by atoms with Gasteiger partial charge in [-0.25, -0.2) is 0 Å². The maximum atomic E-state index is 13.7. The molecule has 1 fully saturated rings. The van der Waals surface area contributed by atoms with Gasteiger partial charge >= 0.3 is 0 Å². The number of aromatic nitrogens is 1. The molecule has 6 heteroatoms. The molecule has 1 aromatic heterocycles. The third-order valence-corrected chi connectivity index (χ3v) is 7.54. The summed E-state index contributed by atoms with van der Waals surface area (Å²) in [6.07, 6.45) is 11.1. The van der Waals surface area contributed by atoms with E-state index in [2.05, 4.69) is 43.1 Å². The average molecular weight is 444 g/mol. The van der Waals surface area contributed by atoms with Gasteiger partial charge in [-0.3, -0.25) is 14.5 Å². The normalized spacial score (nSPS) is 26.8. The van der Waals surface area contributed by atoms with E-state index in [0.717, 1.165) is 39.9 Å². The predicted octanol–water partition coefficient (Wildman–Crippen LogP) is 4.42. The van der Waals surface area contributed by atoms with Crippen LogP contribution in [-0.2, 0) is 21.4 Å². The van der Waals surface area contributed by atoms with Crippen LogP contribution < -0.4 is 4.74 Å². The van der Waals surface area contributed by atoms with Crippen LogP contribution in [0.3, 0.4) is 0 Å². The van der Waals surface area contributed by atoms with Crippen molar-refractivity contribution in [3.05, 3.63) is 59.1 Å². The summed E-state index contributed by atoms with van der Waals surface area (Å²) in [7, 11) is 0. The molecule has 0 radical (unpaired) electrons. The Hall–Kier alpha value is -3.28. The minimum absolute atomic E-state index is 0.0153. The lowest BCUT2D eigenvalue weighted by molar-refractivity contribution is -0.154. The number of H-pyrrole nitrogens is 1. The van der Waals surface area contributed by atoms with Crippen LogP contribution in [0.15, 0.2) is 42.3 Å². The number of benzene rings is 1. The van der Waals surface area contributed by atoms with Gasteiger partial charge < -0.3 is 14.6 Å². The molecule has 0 bridgehead atoms. The summed E-state index contributed by atoms with van der Waals surface area (Å²) in [6.45, 7) is 10.8. The SMILES string of the molecule is CC1(C)C=Cc2cc3c4c([nH]c3cc2O1)C(C)(C)C=CN1C(=O)C2=CCCN2C(=O)[C@]1(C)C4. The fraction of sp³-hybridized carbons (Fsp3) is 0.407. The van der Waals surface area contributed by atoms with Gasteiger partial charge in [0.25, 0.3) is 11.8 Å². The summed E-state index contributed by atoms with van der Waals surface area (Å²) in [6, 6.07) is 4.22. The number of nitrogens with zero attached hydrogens (tertiary/aromatic N) is 2. The van der Waals surface area contributed by atoms with Gasteiger partial charge in [0.05, 0.1) is 0 Å². The van der Waals surface area contributed by atoms with Crippen LogP contribution in [-0.4, -0.2) is 44.3 Å². The first-order valence-corrected chi connectivity index (χ1v) is 11.6. The molecule has 0 saturated carbocycles. The zero-order valence-corrected chi connectivity index (χ0v) is 19.8. The largest absolute Gasteiger partial charge is 0.483 e. The predicted molar refractivity (Wildman–Crippen MR) is 128 cm³/mol. The number of allylic oxidation sites excluding steroid dienone is 1. The summed E-state index contributed by atoms with van der Waals surface area (Å²) in [4.78, 5) is 34.1. The van der Waals surface area contributed by atoms with Gasteiger partial charge in [-0.15, -0.1) is 0 Å². The van der Waals surface area contributed by atoms with Crippen LogP contribution >= 0.6 is 0 Å². The van der Waals surface area contributed by atoms with Crippen molar-refractivity contribution in [3.63, 3.8) is 0 Å². The van der Waals surface area contributed by atoms with E-state index in [9.17, 15) is 9.59 Å². The molecule has 1 saturated heterocycles. The lowest BCUT2D eigenvalue weighted by Crippen LogP contribution is -2.64. The van der Waals surface area contributed by atoms with Gasteiger partial charge in [0, 0.05) is 52.8 Å². The summed E-state index contributed by atoms with van der Waals surface area (Å²) in [5.74, 6) is 0.737. The molecule has 4 aliphatic rings. The third-order valence-electron chi connectivity index (χ3n) is 7.54. The van der Waals surface area contributed by atoms with Crippen LogP contribution in [0.5, 0.6) is 5.75 Å². The molecule has 0 aliphatic carbocycles. The molecule has 170 valence electrons. The molecular weight excluding hydrogens is 414 g/mol. The van der Waals surface area contributed by atoms with Crippen molar-refractivity contribution >= 4 is 28.8 Å². The second-order valence-electron chi connectivity index (χ2n) is 11.0. The van der Waals surface area contributed by atoms with Gasteiger partial charge in [-0.1, -0.05) is 32.1 Å². The number of ether oxygens (including phenoxy) is 1. The molecule has 0 spiro atoms. The van der Waals surface area contributed by atoms with Crippen molar-refractivity contribution in [2.24, 2.45) is 0 Å². The Morgan fingerprint density at radius 3 is 2.64 bits per heavy atom. The van der Waals surface area contributed by atoms with Crippen molar-refractivity contribution in [2.45, 2.75) is 64.0 Å². The van der Waals surface area contributed by atoms with Crippen molar-refractivity contribution in [3.8, 4) is 5.75 Å². The average Bonchev–Trinajstić information content (AvgIpc) is 3.35. The van der Waals surface area contributed by atoms with Crippen LogP contribution in [0, 0.1) is 0 Å². The van der Waals surface area contributed by atoms with E-state index < -0.39 is 5.54 Å². The number of carbonyl (C=O) groups is 2. The standard InChI is InChI=1S/C27H29N3O3/c1-25(2)10-12-30-23(31)20-7-6-11-29(20)24(32)27(30,5)15-18-17-13-16-8-9-26(3,4)33-21(16)14-19(17)28-22(18)25/h7-10,12-14,28H,6,11,15H2,1-5H3/t27-/m0/s1. The summed E-state index contributed by atoms with van der Waals surface area (Å²) >= 11 is 0. The highest BCUT2D eigenvalue weighted by atomic mass is 16.5. The number of hydrogen-bond donors (Lipinski definition) is 1. The van der Waals surface area contributed by atoms with Crippen molar-refractivity contribution in [2.75, 3.05) is 6.54 Å². The Labute approximate surface area is 193 Å². The molecule has 6 rings (SSSR count). The second-order valence-corrected chi connectivity index (χ2v) is 11.0. The first-order valence-electron chi connectivity index (χ1n) is 11.6. The number of rotatable bonds is 0. The zero-order chi connectivity index (χ0) is 23.3. The number of nitrogens with one attached hydrogen (secondary N) is 1. The Bertz CT molecular complexity index is 1340. The van der Waals surface area contributed by atoms with E-state index in [1.165, 1.54) is 0 Å². The fourth-order valence-electron chi connectivity index (χ4n) is 5.65. The molecule has 4 aliphatic heterocycles. The van der Waals surface area contributed by atoms with Crippen LogP contribution in [0.1, 0.15) is 57.9 Å². The van der Waals surface area contributed by atoms with Gasteiger partial charge in [0.2, 0.25) is 0 Å². The van der Waals surface area contributed by atoms with Crippen LogP contribution in [0.2, 0.25) is 0 Å². The highest BCUT2D eigenvalue weighted by Crippen LogP contribution is 2.44. The summed E-state index contributed by atoms with van der Waals surface area (Å²) in [5.41, 5.74) is 2.99. The lowest BCUT2D eigenvalue weighted by atomic mass is 9.78. The molecule has 2 aromatic rings. The topological polar surface area (TPSA) is 65.6 Å². The molecule has 6 nitrogen and oxygen atoms in total. The van der Waals surface area contributed by atoms with Gasteiger partial charge in [0.1, 0.15) is 22.6 Å². The zero-order valence-electron chi connectivity index (χ0n) is 19.8. The summed E-state index contributed by atoms with van der Waals surface area (Å²) in [5, 5.41) is 1.07. The minimum atomic E-state index is -0.986. The van der Waals surface area contributed by atoms with Crippen molar-refractivity contribution in [1.29, 1.82) is 0 Å². The van der Waals surface area contributed by atoms with Crippen LogP contribution in [0.25, 0.3) is 17.0 Å². The van der Waals surface area contributed by atoms with E-state index in [1.54, 1.807) is 9.80 Å². The van der Waals surface area contributed by atoms with E-state index in [1.807, 2.05) is 39.1 Å². The fourth-order valence-corrected chi connectivity index (χ4v) is 5.65. The third kappa shape index (κ3) is 2.73. The molecule has 2 amide bonds. The van der Waals surface area contributed by atoms with Crippen molar-refractivity contribution in [1.82, 2.24) is 14.8 Å². The highest BCUT2D eigenvalue weighted by molar-refractivity contribution is 6.08. The van der Waals surface area contributed by atoms with E-state index >= 15 is 0 Å². The Balaban J connectivity index is 1.57. The molecule has 1 N–H and O–H groups in total. The van der Waals surface area contributed by atoms with Gasteiger partial charge in [0.15, 0.2) is 0 Å². The number of fused-ring (bicyclic) bond motifs is 6. The Kier molecular flexibility index (Phi) is 3.81. The van der Waals surface area contributed by atoms with Gasteiger partial charge in [-0.2, -0.15) is 0 Å². The molecule has 33 heavy (non-hydrogen) atoms.